The summed E-state index contributed by atoms with van der Waals surface area (Å²) in [6.45, 7) is 3.50. The van der Waals surface area contributed by atoms with E-state index in [0.717, 1.165) is 17.7 Å². The van der Waals surface area contributed by atoms with Crippen LogP contribution in [0.2, 0.25) is 0 Å². The number of carbonyl (C=O) groups is 1. The number of ether oxygens (including phenoxy) is 1. The van der Waals surface area contributed by atoms with Crippen LogP contribution in [0.15, 0.2) is 24.4 Å². The molecule has 7 nitrogen and oxygen atoms in total. The summed E-state index contributed by atoms with van der Waals surface area (Å²) in [5.74, 6) is 0.695. The minimum Gasteiger partial charge on any atom is -0.490 e. The van der Waals surface area contributed by atoms with Gasteiger partial charge in [-0.3, -0.25) is 9.48 Å². The lowest BCUT2D eigenvalue weighted by molar-refractivity contribution is 0.0946. The van der Waals surface area contributed by atoms with Crippen molar-refractivity contribution in [1.29, 1.82) is 0 Å². The highest BCUT2D eigenvalue weighted by Gasteiger charge is 2.19. The molecule has 0 saturated heterocycles. The number of benzene rings is 1. The zero-order chi connectivity index (χ0) is 15.5. The molecule has 0 aliphatic carbocycles. The topological polar surface area (TPSA) is 95.1 Å². The van der Waals surface area contributed by atoms with Gasteiger partial charge in [0, 0.05) is 19.5 Å². The molecule has 3 N–H and O–H groups in total. The quantitative estimate of drug-likeness (QED) is 0.838. The maximum Gasteiger partial charge on any atom is 0.273 e. The van der Waals surface area contributed by atoms with Crippen molar-refractivity contribution < 1.29 is 9.53 Å². The Morgan fingerprint density at radius 2 is 2.41 bits per heavy atom. The highest BCUT2D eigenvalue weighted by molar-refractivity contribution is 5.91. The smallest absolute Gasteiger partial charge is 0.273 e. The van der Waals surface area contributed by atoms with Gasteiger partial charge in [-0.15, -0.1) is 5.10 Å². The number of nitrogens with zero attached hydrogens (tertiary/aromatic N) is 3. The minimum atomic E-state index is -0.242. The largest absolute Gasteiger partial charge is 0.490 e. The van der Waals surface area contributed by atoms with Gasteiger partial charge in [0.15, 0.2) is 5.69 Å². The zero-order valence-electron chi connectivity index (χ0n) is 12.5. The van der Waals surface area contributed by atoms with Crippen molar-refractivity contribution in [2.75, 3.05) is 6.54 Å². The van der Waals surface area contributed by atoms with E-state index in [1.165, 1.54) is 5.56 Å². The summed E-state index contributed by atoms with van der Waals surface area (Å²) in [6, 6.07) is 5.99. The van der Waals surface area contributed by atoms with Crippen molar-refractivity contribution in [1.82, 2.24) is 20.3 Å². The highest BCUT2D eigenvalue weighted by atomic mass is 16.5. The predicted octanol–water partition coefficient (Wildman–Crippen LogP) is 0.490. The molecule has 1 amide bonds. The van der Waals surface area contributed by atoms with Gasteiger partial charge < -0.3 is 15.8 Å². The Morgan fingerprint density at radius 1 is 1.55 bits per heavy atom. The molecule has 0 spiro atoms. The molecule has 0 saturated carbocycles. The SMILES string of the molecule is C[C@H]1Cc2cc(CNC(=O)c3cn(CCN)nn3)ccc2O1. The first-order valence-corrected chi connectivity index (χ1v) is 7.32. The van der Waals surface area contributed by atoms with Gasteiger partial charge in [0.05, 0.1) is 12.7 Å². The second kappa shape index (κ2) is 6.15. The van der Waals surface area contributed by atoms with Crippen molar-refractivity contribution in [3.63, 3.8) is 0 Å². The van der Waals surface area contributed by atoms with Crippen LogP contribution in [0.3, 0.4) is 0 Å². The molecule has 1 aliphatic rings. The second-order valence-electron chi connectivity index (χ2n) is 5.41. The summed E-state index contributed by atoms with van der Waals surface area (Å²) in [5, 5.41) is 10.5. The van der Waals surface area contributed by atoms with E-state index in [4.69, 9.17) is 10.5 Å². The second-order valence-corrected chi connectivity index (χ2v) is 5.41. The number of carbonyl (C=O) groups excluding carboxylic acids is 1. The molecule has 1 atom stereocenters. The molecule has 0 bridgehead atoms. The van der Waals surface area contributed by atoms with E-state index < -0.39 is 0 Å². The maximum atomic E-state index is 12.0. The Kier molecular flexibility index (Phi) is 4.06. The fourth-order valence-corrected chi connectivity index (χ4v) is 2.50. The van der Waals surface area contributed by atoms with E-state index in [2.05, 4.69) is 21.7 Å². The number of aromatic nitrogens is 3. The number of hydrogen-bond acceptors (Lipinski definition) is 5. The standard InChI is InChI=1S/C15H19N5O2/c1-10-6-12-7-11(2-3-14(12)22-10)8-17-15(21)13-9-20(5-4-16)19-18-13/h2-3,7,9-10H,4-6,8,16H2,1H3,(H,17,21)/t10-/m0/s1. The number of hydrogen-bond donors (Lipinski definition) is 2. The van der Waals surface area contributed by atoms with Crippen molar-refractivity contribution in [3.05, 3.63) is 41.2 Å². The molecule has 2 heterocycles. The van der Waals surface area contributed by atoms with Crippen LogP contribution in [0.4, 0.5) is 0 Å². The molecule has 0 unspecified atom stereocenters. The van der Waals surface area contributed by atoms with E-state index in [9.17, 15) is 4.79 Å². The van der Waals surface area contributed by atoms with Crippen LogP contribution in [0.25, 0.3) is 0 Å². The Labute approximate surface area is 128 Å². The lowest BCUT2D eigenvalue weighted by Gasteiger charge is -2.05. The number of nitrogens with two attached hydrogens (primary N) is 1. The molecule has 7 heteroatoms. The third kappa shape index (κ3) is 3.09. The van der Waals surface area contributed by atoms with E-state index >= 15 is 0 Å². The summed E-state index contributed by atoms with van der Waals surface area (Å²) in [7, 11) is 0. The minimum absolute atomic E-state index is 0.220. The molecule has 3 rings (SSSR count). The number of fused-ring (bicyclic) bond motifs is 1. The van der Waals surface area contributed by atoms with Crippen molar-refractivity contribution in [2.45, 2.75) is 32.5 Å². The fourth-order valence-electron chi connectivity index (χ4n) is 2.50. The van der Waals surface area contributed by atoms with Crippen LogP contribution in [0, 0.1) is 0 Å². The summed E-state index contributed by atoms with van der Waals surface area (Å²) >= 11 is 0. The van der Waals surface area contributed by atoms with E-state index in [1.807, 2.05) is 19.1 Å². The Balaban J connectivity index is 1.60. The molecule has 2 aromatic rings. The first-order chi connectivity index (χ1) is 10.7. The van der Waals surface area contributed by atoms with Crippen LogP contribution in [-0.4, -0.2) is 33.5 Å². The average Bonchev–Trinajstić information content (AvgIpc) is 3.10. The van der Waals surface area contributed by atoms with Crippen LogP contribution >= 0.6 is 0 Å². The third-order valence-corrected chi connectivity index (χ3v) is 3.54. The lowest BCUT2D eigenvalue weighted by Crippen LogP contribution is -2.23. The Bertz CT molecular complexity index is 682. The van der Waals surface area contributed by atoms with Gasteiger partial charge in [0.1, 0.15) is 11.9 Å². The average molecular weight is 301 g/mol. The molecule has 1 aromatic heterocycles. The summed E-state index contributed by atoms with van der Waals surface area (Å²) < 4.78 is 7.22. The van der Waals surface area contributed by atoms with Crippen LogP contribution in [0.5, 0.6) is 5.75 Å². The van der Waals surface area contributed by atoms with Crippen molar-refractivity contribution >= 4 is 5.91 Å². The van der Waals surface area contributed by atoms with Crippen LogP contribution in [0.1, 0.15) is 28.5 Å². The molecule has 0 radical (unpaired) electrons. The first kappa shape index (κ1) is 14.5. The van der Waals surface area contributed by atoms with Crippen LogP contribution < -0.4 is 15.8 Å². The normalized spacial score (nSPS) is 16.2. The van der Waals surface area contributed by atoms with Gasteiger partial charge in [-0.25, -0.2) is 0 Å². The maximum absolute atomic E-state index is 12.0. The summed E-state index contributed by atoms with van der Waals surface area (Å²) in [6.07, 6.45) is 2.72. The van der Waals surface area contributed by atoms with Crippen LogP contribution in [-0.2, 0) is 19.5 Å². The van der Waals surface area contributed by atoms with E-state index in [0.29, 0.717) is 25.3 Å². The van der Waals surface area contributed by atoms with Gasteiger partial charge >= 0.3 is 0 Å². The molecule has 116 valence electrons. The summed E-state index contributed by atoms with van der Waals surface area (Å²) in [4.78, 5) is 12.0. The van der Waals surface area contributed by atoms with Gasteiger partial charge in [-0.2, -0.15) is 0 Å². The monoisotopic (exact) mass is 301 g/mol. The Morgan fingerprint density at radius 3 is 3.23 bits per heavy atom. The van der Waals surface area contributed by atoms with Gasteiger partial charge in [-0.1, -0.05) is 17.3 Å². The van der Waals surface area contributed by atoms with E-state index in [-0.39, 0.29) is 12.0 Å². The molecule has 22 heavy (non-hydrogen) atoms. The number of amides is 1. The fraction of sp³-hybridized carbons (Fsp3) is 0.400. The van der Waals surface area contributed by atoms with Crippen molar-refractivity contribution in [3.8, 4) is 5.75 Å². The number of rotatable bonds is 5. The van der Waals surface area contributed by atoms with E-state index in [1.54, 1.807) is 10.9 Å². The molecule has 0 fully saturated rings. The predicted molar refractivity (Wildman–Crippen MR) is 80.5 cm³/mol. The van der Waals surface area contributed by atoms with Gasteiger partial charge in [0.2, 0.25) is 0 Å². The molecular formula is C15H19N5O2. The zero-order valence-corrected chi connectivity index (χ0v) is 12.5. The molecule has 1 aromatic carbocycles. The first-order valence-electron chi connectivity index (χ1n) is 7.32. The van der Waals surface area contributed by atoms with Gasteiger partial charge in [-0.05, 0) is 24.1 Å². The molecule has 1 aliphatic heterocycles. The summed E-state index contributed by atoms with van der Waals surface area (Å²) in [5.41, 5.74) is 7.96. The Hall–Kier alpha value is -2.41. The lowest BCUT2D eigenvalue weighted by atomic mass is 10.1. The number of nitrogens with one attached hydrogen (secondary N) is 1. The third-order valence-electron chi connectivity index (χ3n) is 3.54. The highest BCUT2D eigenvalue weighted by Crippen LogP contribution is 2.29. The molecular weight excluding hydrogens is 282 g/mol. The van der Waals surface area contributed by atoms with Crippen molar-refractivity contribution in [2.24, 2.45) is 5.73 Å². The van der Waals surface area contributed by atoms with Gasteiger partial charge in [0.25, 0.3) is 5.91 Å².